The summed E-state index contributed by atoms with van der Waals surface area (Å²) in [6, 6.07) is 0.264. The van der Waals surface area contributed by atoms with Crippen molar-refractivity contribution in [2.24, 2.45) is 0 Å². The molecule has 3 nitrogen and oxygen atoms in total. The van der Waals surface area contributed by atoms with Crippen molar-refractivity contribution >= 4 is 0 Å². The van der Waals surface area contributed by atoms with Gasteiger partial charge >= 0.3 is 0 Å². The van der Waals surface area contributed by atoms with E-state index in [1.807, 2.05) is 6.92 Å². The Hall–Kier alpha value is -0.260. The van der Waals surface area contributed by atoms with Gasteiger partial charge in [-0.15, -0.1) is 0 Å². The summed E-state index contributed by atoms with van der Waals surface area (Å²) in [5.74, 6) is 0. The molecule has 0 aromatic rings. The normalized spacial score (nSPS) is 13.9. The fourth-order valence-corrected chi connectivity index (χ4v) is 1.14. The van der Waals surface area contributed by atoms with Gasteiger partial charge in [-0.05, 0) is 14.0 Å². The molecule has 0 aromatic heterocycles. The molecule has 1 atom stereocenters. The van der Waals surface area contributed by atoms with Crippen molar-refractivity contribution in [2.45, 2.75) is 19.4 Å². The van der Waals surface area contributed by atoms with Crippen LogP contribution in [0.15, 0.2) is 0 Å². The lowest BCUT2D eigenvalue weighted by molar-refractivity contribution is 0.0995. The molecule has 0 bridgehead atoms. The van der Waals surface area contributed by atoms with Crippen LogP contribution in [0, 0.1) is 0 Å². The molecular formula is C9H20F2N2O. The van der Waals surface area contributed by atoms with Gasteiger partial charge < -0.3 is 10.1 Å². The molecular weight excluding hydrogens is 190 g/mol. The summed E-state index contributed by atoms with van der Waals surface area (Å²) < 4.78 is 28.7. The zero-order chi connectivity index (χ0) is 11.0. The Morgan fingerprint density at radius 3 is 2.57 bits per heavy atom. The van der Waals surface area contributed by atoms with Crippen molar-refractivity contribution in [3.63, 3.8) is 0 Å². The number of halogens is 2. The van der Waals surface area contributed by atoms with E-state index in [1.54, 1.807) is 19.1 Å². The Labute approximate surface area is 84.4 Å². The highest BCUT2D eigenvalue weighted by Gasteiger charge is 2.07. The van der Waals surface area contributed by atoms with Gasteiger partial charge in [-0.1, -0.05) is 0 Å². The third kappa shape index (κ3) is 8.34. The molecule has 0 spiro atoms. The Kier molecular flexibility index (Phi) is 7.93. The molecule has 0 amide bonds. The molecule has 86 valence electrons. The van der Waals surface area contributed by atoms with E-state index < -0.39 is 6.43 Å². The van der Waals surface area contributed by atoms with Crippen molar-refractivity contribution in [3.8, 4) is 0 Å². The molecule has 1 N–H and O–H groups in total. The SMILES string of the molecule is COCC(C)NCCN(C)CC(F)F. The van der Waals surface area contributed by atoms with E-state index in [2.05, 4.69) is 5.32 Å². The van der Waals surface area contributed by atoms with Crippen LogP contribution in [0.25, 0.3) is 0 Å². The number of nitrogens with one attached hydrogen (secondary N) is 1. The average Bonchev–Trinajstić information content (AvgIpc) is 2.02. The monoisotopic (exact) mass is 210 g/mol. The third-order valence-electron chi connectivity index (χ3n) is 1.85. The minimum absolute atomic E-state index is 0.166. The van der Waals surface area contributed by atoms with Crippen molar-refractivity contribution in [1.29, 1.82) is 0 Å². The highest BCUT2D eigenvalue weighted by molar-refractivity contribution is 4.61. The second-order valence-corrected chi connectivity index (χ2v) is 3.46. The van der Waals surface area contributed by atoms with Gasteiger partial charge in [-0.25, -0.2) is 8.78 Å². The maximum atomic E-state index is 11.9. The number of alkyl halides is 2. The number of nitrogens with zero attached hydrogens (tertiary/aromatic N) is 1. The molecule has 0 radical (unpaired) electrons. The van der Waals surface area contributed by atoms with Crippen LogP contribution in [0.3, 0.4) is 0 Å². The second-order valence-electron chi connectivity index (χ2n) is 3.46. The van der Waals surface area contributed by atoms with E-state index in [-0.39, 0.29) is 12.6 Å². The summed E-state index contributed by atoms with van der Waals surface area (Å²) in [7, 11) is 3.33. The summed E-state index contributed by atoms with van der Waals surface area (Å²) in [5, 5.41) is 3.18. The fraction of sp³-hybridized carbons (Fsp3) is 1.00. The van der Waals surface area contributed by atoms with Crippen LogP contribution >= 0.6 is 0 Å². The first-order valence-electron chi connectivity index (χ1n) is 4.75. The second kappa shape index (κ2) is 8.08. The smallest absolute Gasteiger partial charge is 0.251 e. The van der Waals surface area contributed by atoms with Crippen LogP contribution in [0.4, 0.5) is 8.78 Å². The maximum absolute atomic E-state index is 11.9. The van der Waals surface area contributed by atoms with Crippen LogP contribution in [0.1, 0.15) is 6.92 Å². The molecule has 0 aliphatic heterocycles. The standard InChI is InChI=1S/C9H20F2N2O/c1-8(7-14-3)12-4-5-13(2)6-9(10)11/h8-9,12H,4-7H2,1-3H3. The summed E-state index contributed by atoms with van der Waals surface area (Å²) in [5.41, 5.74) is 0. The van der Waals surface area contributed by atoms with Crippen molar-refractivity contribution in [2.75, 3.05) is 40.4 Å². The van der Waals surface area contributed by atoms with Gasteiger partial charge in [0.25, 0.3) is 6.43 Å². The molecule has 0 rings (SSSR count). The Bertz CT molecular complexity index is 136. The number of methoxy groups -OCH3 is 1. The number of hydrogen-bond acceptors (Lipinski definition) is 3. The van der Waals surface area contributed by atoms with Gasteiger partial charge in [-0.3, -0.25) is 4.90 Å². The summed E-state index contributed by atoms with van der Waals surface area (Å²) in [4.78, 5) is 1.61. The summed E-state index contributed by atoms with van der Waals surface area (Å²) in [6.07, 6.45) is -2.25. The van der Waals surface area contributed by atoms with Gasteiger partial charge in [0.2, 0.25) is 0 Å². The highest BCUT2D eigenvalue weighted by atomic mass is 19.3. The van der Waals surface area contributed by atoms with Gasteiger partial charge in [0.05, 0.1) is 13.2 Å². The predicted molar refractivity (Wildman–Crippen MR) is 52.8 cm³/mol. The predicted octanol–water partition coefficient (Wildman–Crippen LogP) is 0.808. The van der Waals surface area contributed by atoms with E-state index in [1.165, 1.54) is 0 Å². The van der Waals surface area contributed by atoms with Crippen molar-refractivity contribution < 1.29 is 13.5 Å². The lowest BCUT2D eigenvalue weighted by Gasteiger charge is -2.18. The topological polar surface area (TPSA) is 24.5 Å². The number of hydrogen-bond donors (Lipinski definition) is 1. The van der Waals surface area contributed by atoms with E-state index in [4.69, 9.17) is 4.74 Å². The van der Waals surface area contributed by atoms with Gasteiger partial charge in [0.1, 0.15) is 0 Å². The molecule has 0 aliphatic rings. The highest BCUT2D eigenvalue weighted by Crippen LogP contribution is 1.94. The maximum Gasteiger partial charge on any atom is 0.251 e. The van der Waals surface area contributed by atoms with Crippen LogP contribution in [0.2, 0.25) is 0 Å². The molecule has 0 saturated carbocycles. The quantitative estimate of drug-likeness (QED) is 0.641. The first-order chi connectivity index (χ1) is 6.56. The zero-order valence-corrected chi connectivity index (χ0v) is 9.09. The summed E-state index contributed by atoms with van der Waals surface area (Å²) in [6.45, 7) is 3.79. The van der Waals surface area contributed by atoms with E-state index in [9.17, 15) is 8.78 Å². The minimum atomic E-state index is -2.25. The zero-order valence-electron chi connectivity index (χ0n) is 9.09. The minimum Gasteiger partial charge on any atom is -0.383 e. The van der Waals surface area contributed by atoms with Crippen LogP contribution in [0.5, 0.6) is 0 Å². The fourth-order valence-electron chi connectivity index (χ4n) is 1.14. The van der Waals surface area contributed by atoms with Crippen LogP contribution in [-0.2, 0) is 4.74 Å². The largest absolute Gasteiger partial charge is 0.383 e. The number of rotatable bonds is 8. The van der Waals surface area contributed by atoms with Gasteiger partial charge in [0.15, 0.2) is 0 Å². The molecule has 14 heavy (non-hydrogen) atoms. The molecule has 0 saturated heterocycles. The summed E-state index contributed by atoms with van der Waals surface area (Å²) >= 11 is 0. The van der Waals surface area contributed by atoms with Gasteiger partial charge in [0, 0.05) is 26.2 Å². The molecule has 0 aromatic carbocycles. The Morgan fingerprint density at radius 1 is 1.43 bits per heavy atom. The lowest BCUT2D eigenvalue weighted by atomic mass is 10.3. The van der Waals surface area contributed by atoms with E-state index in [0.717, 1.165) is 0 Å². The number of ether oxygens (including phenoxy) is 1. The first kappa shape index (κ1) is 13.7. The Morgan fingerprint density at radius 2 is 2.07 bits per heavy atom. The van der Waals surface area contributed by atoms with Crippen LogP contribution in [-0.4, -0.2) is 57.8 Å². The van der Waals surface area contributed by atoms with Crippen molar-refractivity contribution in [3.05, 3.63) is 0 Å². The number of likely N-dealkylation sites (N-methyl/N-ethyl adjacent to an activating group) is 1. The van der Waals surface area contributed by atoms with E-state index in [0.29, 0.717) is 19.7 Å². The third-order valence-corrected chi connectivity index (χ3v) is 1.85. The first-order valence-corrected chi connectivity index (χ1v) is 4.75. The molecule has 1 unspecified atom stereocenters. The van der Waals surface area contributed by atoms with E-state index >= 15 is 0 Å². The molecule has 0 fully saturated rings. The van der Waals surface area contributed by atoms with Crippen molar-refractivity contribution in [1.82, 2.24) is 10.2 Å². The average molecular weight is 210 g/mol. The Balaban J connectivity index is 3.34. The van der Waals surface area contributed by atoms with Gasteiger partial charge in [-0.2, -0.15) is 0 Å². The van der Waals surface area contributed by atoms with Crippen LogP contribution < -0.4 is 5.32 Å². The molecule has 0 heterocycles. The lowest BCUT2D eigenvalue weighted by Crippen LogP contribution is -2.37. The molecule has 0 aliphatic carbocycles. The molecule has 5 heteroatoms.